The Morgan fingerprint density at radius 2 is 2.17 bits per heavy atom. The average molecular weight is 337 g/mol. The zero-order valence-corrected chi connectivity index (χ0v) is 13.8. The fourth-order valence-electron chi connectivity index (χ4n) is 2.35. The number of hydrogen-bond acceptors (Lipinski definition) is 5. The van der Waals surface area contributed by atoms with E-state index >= 15 is 0 Å². The van der Waals surface area contributed by atoms with Crippen molar-refractivity contribution in [2.45, 2.75) is 19.5 Å². The predicted molar refractivity (Wildman–Crippen MR) is 90.2 cm³/mol. The van der Waals surface area contributed by atoms with Gasteiger partial charge in [-0.3, -0.25) is 9.36 Å². The van der Waals surface area contributed by atoms with E-state index in [0.717, 1.165) is 16.0 Å². The molecule has 0 aliphatic rings. The van der Waals surface area contributed by atoms with Gasteiger partial charge in [0.15, 0.2) is 0 Å². The lowest BCUT2D eigenvalue weighted by molar-refractivity contribution is -0.122. The van der Waals surface area contributed by atoms with E-state index in [1.807, 2.05) is 54.8 Å². The number of nitrogens with one attached hydrogen (secondary N) is 1. The molecule has 7 heteroatoms. The van der Waals surface area contributed by atoms with Crippen LogP contribution in [-0.2, 0) is 11.3 Å². The van der Waals surface area contributed by atoms with Crippen molar-refractivity contribution >= 4 is 17.2 Å². The first-order chi connectivity index (χ1) is 11.7. The Labute approximate surface area is 143 Å². The first-order valence-corrected chi connectivity index (χ1v) is 8.22. The second kappa shape index (κ2) is 7.06. The van der Waals surface area contributed by atoms with Crippen LogP contribution in [-0.4, -0.2) is 20.7 Å². The lowest BCUT2D eigenvalue weighted by Gasteiger charge is -2.18. The predicted octanol–water partition coefficient (Wildman–Crippen LogP) is 2.43. The molecule has 0 saturated carbocycles. The molecule has 3 aromatic rings. The molecular formula is C17H15N5OS. The standard InChI is InChI=1S/C17H15N5OS/c1-12-4-6-13(7-5-12)17(14-3-2-8-24-14)20-16(23)10-22-11-19-21-15(22)9-18/h2-8,11,17H,10H2,1H3,(H,20,23)/t17-/m1/s1. The molecule has 0 fully saturated rings. The summed E-state index contributed by atoms with van der Waals surface area (Å²) >= 11 is 1.59. The number of carbonyl (C=O) groups excluding carboxylic acids is 1. The number of rotatable bonds is 5. The largest absolute Gasteiger partial charge is 0.343 e. The molecule has 1 aromatic carbocycles. The number of aryl methyl sites for hydroxylation is 1. The van der Waals surface area contributed by atoms with Crippen LogP contribution in [0.25, 0.3) is 0 Å². The van der Waals surface area contributed by atoms with Crippen molar-refractivity contribution in [2.75, 3.05) is 0 Å². The molecule has 2 heterocycles. The highest BCUT2D eigenvalue weighted by atomic mass is 32.1. The summed E-state index contributed by atoms with van der Waals surface area (Å²) in [6, 6.07) is 13.7. The average Bonchev–Trinajstić information content (AvgIpc) is 3.25. The minimum absolute atomic E-state index is 0.00360. The van der Waals surface area contributed by atoms with Crippen LogP contribution in [0.3, 0.4) is 0 Å². The van der Waals surface area contributed by atoms with Gasteiger partial charge in [-0.15, -0.1) is 21.5 Å². The molecule has 0 saturated heterocycles. The van der Waals surface area contributed by atoms with E-state index in [1.165, 1.54) is 10.9 Å². The van der Waals surface area contributed by atoms with Crippen molar-refractivity contribution < 1.29 is 4.79 Å². The van der Waals surface area contributed by atoms with Gasteiger partial charge >= 0.3 is 0 Å². The number of hydrogen-bond donors (Lipinski definition) is 1. The van der Waals surface area contributed by atoms with Gasteiger partial charge in [-0.05, 0) is 23.9 Å². The van der Waals surface area contributed by atoms with Crippen molar-refractivity contribution in [1.82, 2.24) is 20.1 Å². The van der Waals surface area contributed by atoms with Crippen LogP contribution >= 0.6 is 11.3 Å². The lowest BCUT2D eigenvalue weighted by Crippen LogP contribution is -2.32. The van der Waals surface area contributed by atoms with Gasteiger partial charge in [0.2, 0.25) is 11.7 Å². The minimum atomic E-state index is -0.222. The van der Waals surface area contributed by atoms with E-state index in [0.29, 0.717) is 0 Å². The molecule has 0 unspecified atom stereocenters. The summed E-state index contributed by atoms with van der Waals surface area (Å²) < 4.78 is 1.43. The summed E-state index contributed by atoms with van der Waals surface area (Å²) in [4.78, 5) is 13.5. The van der Waals surface area contributed by atoms with Crippen LogP contribution in [0.1, 0.15) is 27.9 Å². The Hall–Kier alpha value is -2.98. The van der Waals surface area contributed by atoms with Crippen molar-refractivity contribution in [3.8, 4) is 6.07 Å². The van der Waals surface area contributed by atoms with Crippen molar-refractivity contribution in [2.24, 2.45) is 0 Å². The van der Waals surface area contributed by atoms with Gasteiger partial charge in [-0.25, -0.2) is 0 Å². The summed E-state index contributed by atoms with van der Waals surface area (Å²) in [5.41, 5.74) is 2.18. The maximum atomic E-state index is 12.4. The van der Waals surface area contributed by atoms with Gasteiger partial charge in [0, 0.05) is 4.88 Å². The molecule has 0 aliphatic carbocycles. The van der Waals surface area contributed by atoms with E-state index in [9.17, 15) is 4.79 Å². The number of benzene rings is 1. The molecule has 6 nitrogen and oxygen atoms in total. The summed E-state index contributed by atoms with van der Waals surface area (Å²) in [5, 5.41) is 21.3. The highest BCUT2D eigenvalue weighted by Crippen LogP contribution is 2.26. The molecule has 0 spiro atoms. The molecule has 2 aromatic heterocycles. The highest BCUT2D eigenvalue weighted by Gasteiger charge is 2.18. The van der Waals surface area contributed by atoms with E-state index in [4.69, 9.17) is 5.26 Å². The zero-order chi connectivity index (χ0) is 16.9. The van der Waals surface area contributed by atoms with E-state index in [1.54, 1.807) is 11.3 Å². The van der Waals surface area contributed by atoms with E-state index in [2.05, 4.69) is 15.5 Å². The van der Waals surface area contributed by atoms with Gasteiger partial charge in [0.1, 0.15) is 18.9 Å². The van der Waals surface area contributed by atoms with Gasteiger partial charge in [0.25, 0.3) is 0 Å². The minimum Gasteiger partial charge on any atom is -0.343 e. The van der Waals surface area contributed by atoms with Gasteiger partial charge in [0.05, 0.1) is 6.04 Å². The lowest BCUT2D eigenvalue weighted by atomic mass is 10.0. The van der Waals surface area contributed by atoms with Crippen LogP contribution in [0, 0.1) is 18.3 Å². The second-order valence-corrected chi connectivity index (χ2v) is 6.30. The van der Waals surface area contributed by atoms with E-state index in [-0.39, 0.29) is 24.3 Å². The number of amides is 1. The molecular weight excluding hydrogens is 322 g/mol. The van der Waals surface area contributed by atoms with Crippen LogP contribution in [0.4, 0.5) is 0 Å². The number of nitriles is 1. The summed E-state index contributed by atoms with van der Waals surface area (Å²) in [6.07, 6.45) is 1.38. The van der Waals surface area contributed by atoms with Gasteiger partial charge in [-0.2, -0.15) is 5.26 Å². The van der Waals surface area contributed by atoms with Crippen molar-refractivity contribution in [1.29, 1.82) is 5.26 Å². The monoisotopic (exact) mass is 337 g/mol. The summed E-state index contributed by atoms with van der Waals surface area (Å²) in [6.45, 7) is 2.03. The maximum Gasteiger partial charge on any atom is 0.240 e. The van der Waals surface area contributed by atoms with E-state index < -0.39 is 0 Å². The number of aromatic nitrogens is 3. The molecule has 0 aliphatic heterocycles. The first kappa shape index (κ1) is 15.9. The zero-order valence-electron chi connectivity index (χ0n) is 13.0. The maximum absolute atomic E-state index is 12.4. The molecule has 1 amide bonds. The summed E-state index contributed by atoms with van der Waals surface area (Å²) in [7, 11) is 0. The fourth-order valence-corrected chi connectivity index (χ4v) is 3.15. The smallest absolute Gasteiger partial charge is 0.240 e. The fraction of sp³-hybridized carbons (Fsp3) is 0.176. The van der Waals surface area contributed by atoms with Crippen molar-refractivity contribution in [3.05, 3.63) is 69.9 Å². The van der Waals surface area contributed by atoms with Crippen LogP contribution < -0.4 is 5.32 Å². The molecule has 3 rings (SSSR count). The topological polar surface area (TPSA) is 83.6 Å². The quantitative estimate of drug-likeness (QED) is 0.775. The molecule has 1 atom stereocenters. The molecule has 1 N–H and O–H groups in total. The Balaban J connectivity index is 1.81. The first-order valence-electron chi connectivity index (χ1n) is 7.34. The third-order valence-electron chi connectivity index (χ3n) is 3.57. The highest BCUT2D eigenvalue weighted by molar-refractivity contribution is 7.10. The third-order valence-corrected chi connectivity index (χ3v) is 4.51. The van der Waals surface area contributed by atoms with Gasteiger partial charge in [-0.1, -0.05) is 35.9 Å². The number of thiophene rings is 1. The number of nitrogens with zero attached hydrogens (tertiary/aromatic N) is 4. The Bertz CT molecular complexity index is 861. The van der Waals surface area contributed by atoms with Crippen LogP contribution in [0.2, 0.25) is 0 Å². The molecule has 0 bridgehead atoms. The SMILES string of the molecule is Cc1ccc([C@@H](NC(=O)Cn2cnnc2C#N)c2cccs2)cc1. The molecule has 0 radical (unpaired) electrons. The Kier molecular flexibility index (Phi) is 4.68. The normalized spacial score (nSPS) is 11.7. The summed E-state index contributed by atoms with van der Waals surface area (Å²) in [5.74, 6) is -0.0848. The van der Waals surface area contributed by atoms with Crippen molar-refractivity contribution in [3.63, 3.8) is 0 Å². The van der Waals surface area contributed by atoms with Crippen LogP contribution in [0.15, 0.2) is 48.1 Å². The second-order valence-electron chi connectivity index (χ2n) is 5.32. The third kappa shape index (κ3) is 3.50. The van der Waals surface area contributed by atoms with Crippen LogP contribution in [0.5, 0.6) is 0 Å². The Morgan fingerprint density at radius 3 is 2.83 bits per heavy atom. The molecule has 24 heavy (non-hydrogen) atoms. The van der Waals surface area contributed by atoms with Gasteiger partial charge < -0.3 is 5.32 Å². The number of carbonyl (C=O) groups is 1. The Morgan fingerprint density at radius 1 is 1.38 bits per heavy atom. The molecule has 120 valence electrons.